The number of carbonyl (C=O) groups excluding carboxylic acids is 1. The molecule has 0 amide bonds. The molecule has 68 valence electrons. The van der Waals surface area contributed by atoms with Crippen LogP contribution in [0.3, 0.4) is 0 Å². The molecular formula is C10H12N2O. The number of nitrogens with one attached hydrogen (secondary N) is 1. The van der Waals surface area contributed by atoms with Crippen LogP contribution in [0.25, 0.3) is 0 Å². The van der Waals surface area contributed by atoms with E-state index in [9.17, 15) is 4.79 Å². The number of ketones is 1. The summed E-state index contributed by atoms with van der Waals surface area (Å²) in [6.07, 6.45) is 0.565. The number of Topliss-reactive ketones (excluding diaryl/α,β-unsaturated/α-hetero) is 1. The maximum Gasteiger partial charge on any atom is 0.166 e. The number of rotatable bonds is 0. The standard InChI is InChI=1S/C10H12N2O/c1-6-4-7-9(13)2-3-12-10(7)8(11)5-6/h4-5,12H,2-3,11H2,1H3. The van der Waals surface area contributed by atoms with Crippen LogP contribution in [-0.2, 0) is 0 Å². The molecule has 0 aromatic heterocycles. The summed E-state index contributed by atoms with van der Waals surface area (Å²) < 4.78 is 0. The number of anilines is 2. The van der Waals surface area contributed by atoms with Gasteiger partial charge in [-0.2, -0.15) is 0 Å². The molecule has 0 spiro atoms. The monoisotopic (exact) mass is 176 g/mol. The second-order valence-corrected chi connectivity index (χ2v) is 3.38. The van der Waals surface area contributed by atoms with Gasteiger partial charge in [0.25, 0.3) is 0 Å². The molecule has 1 heterocycles. The van der Waals surface area contributed by atoms with Crippen LogP contribution in [0, 0.1) is 6.92 Å². The highest BCUT2D eigenvalue weighted by molar-refractivity contribution is 6.05. The van der Waals surface area contributed by atoms with Crippen molar-refractivity contribution in [1.29, 1.82) is 0 Å². The van der Waals surface area contributed by atoms with Crippen molar-refractivity contribution in [3.05, 3.63) is 23.3 Å². The summed E-state index contributed by atoms with van der Waals surface area (Å²) in [6.45, 7) is 2.64. The molecule has 1 aromatic rings. The highest BCUT2D eigenvalue weighted by Crippen LogP contribution is 2.29. The zero-order valence-corrected chi connectivity index (χ0v) is 7.55. The van der Waals surface area contributed by atoms with Gasteiger partial charge in [0, 0.05) is 18.5 Å². The van der Waals surface area contributed by atoms with E-state index in [0.29, 0.717) is 18.7 Å². The number of carbonyl (C=O) groups is 1. The molecule has 3 nitrogen and oxygen atoms in total. The molecule has 1 aliphatic rings. The lowest BCUT2D eigenvalue weighted by atomic mass is 9.99. The molecule has 0 bridgehead atoms. The summed E-state index contributed by atoms with van der Waals surface area (Å²) in [5, 5.41) is 3.14. The van der Waals surface area contributed by atoms with Gasteiger partial charge >= 0.3 is 0 Å². The molecule has 0 aliphatic carbocycles. The second-order valence-electron chi connectivity index (χ2n) is 3.38. The van der Waals surface area contributed by atoms with E-state index < -0.39 is 0 Å². The largest absolute Gasteiger partial charge is 0.397 e. The van der Waals surface area contributed by atoms with E-state index in [2.05, 4.69) is 5.32 Å². The average molecular weight is 176 g/mol. The number of benzene rings is 1. The smallest absolute Gasteiger partial charge is 0.166 e. The molecule has 0 radical (unpaired) electrons. The lowest BCUT2D eigenvalue weighted by Gasteiger charge is -2.19. The van der Waals surface area contributed by atoms with E-state index in [4.69, 9.17) is 5.73 Å². The molecule has 0 saturated heterocycles. The zero-order chi connectivity index (χ0) is 9.42. The predicted molar refractivity (Wildman–Crippen MR) is 53.0 cm³/mol. The molecule has 13 heavy (non-hydrogen) atoms. The quantitative estimate of drug-likeness (QED) is 0.590. The van der Waals surface area contributed by atoms with Crippen LogP contribution in [0.4, 0.5) is 11.4 Å². The third-order valence-electron chi connectivity index (χ3n) is 2.27. The molecule has 2 rings (SSSR count). The first-order valence-corrected chi connectivity index (χ1v) is 4.35. The van der Waals surface area contributed by atoms with Crippen LogP contribution >= 0.6 is 0 Å². The predicted octanol–water partition coefficient (Wildman–Crippen LogP) is 1.58. The zero-order valence-electron chi connectivity index (χ0n) is 7.55. The first-order valence-electron chi connectivity index (χ1n) is 4.35. The van der Waals surface area contributed by atoms with Gasteiger partial charge in [0.15, 0.2) is 5.78 Å². The summed E-state index contributed by atoms with van der Waals surface area (Å²) in [6, 6.07) is 3.77. The number of aryl methyl sites for hydroxylation is 1. The number of hydrogen-bond acceptors (Lipinski definition) is 3. The van der Waals surface area contributed by atoms with Crippen molar-refractivity contribution in [3.63, 3.8) is 0 Å². The Morgan fingerprint density at radius 2 is 2.23 bits per heavy atom. The summed E-state index contributed by atoms with van der Waals surface area (Å²) >= 11 is 0. The molecule has 0 atom stereocenters. The number of nitrogen functional groups attached to an aromatic ring is 1. The molecular weight excluding hydrogens is 164 g/mol. The van der Waals surface area contributed by atoms with Gasteiger partial charge < -0.3 is 11.1 Å². The summed E-state index contributed by atoms with van der Waals surface area (Å²) in [4.78, 5) is 11.5. The van der Waals surface area contributed by atoms with Gasteiger partial charge in [-0.3, -0.25) is 4.79 Å². The Morgan fingerprint density at radius 1 is 1.46 bits per heavy atom. The van der Waals surface area contributed by atoms with E-state index in [1.165, 1.54) is 0 Å². The van der Waals surface area contributed by atoms with Gasteiger partial charge in [0.1, 0.15) is 0 Å². The lowest BCUT2D eigenvalue weighted by Crippen LogP contribution is -2.19. The van der Waals surface area contributed by atoms with Gasteiger partial charge in [0.05, 0.1) is 11.4 Å². The highest BCUT2D eigenvalue weighted by Gasteiger charge is 2.18. The van der Waals surface area contributed by atoms with E-state index >= 15 is 0 Å². The summed E-state index contributed by atoms with van der Waals surface area (Å²) in [7, 11) is 0. The minimum Gasteiger partial charge on any atom is -0.397 e. The van der Waals surface area contributed by atoms with Gasteiger partial charge in [-0.1, -0.05) is 0 Å². The lowest BCUT2D eigenvalue weighted by molar-refractivity contribution is 0.0983. The average Bonchev–Trinajstić information content (AvgIpc) is 2.07. The normalized spacial score (nSPS) is 15.0. The SMILES string of the molecule is Cc1cc(N)c2c(c1)C(=O)CCN2. The van der Waals surface area contributed by atoms with E-state index in [1.54, 1.807) is 0 Å². The highest BCUT2D eigenvalue weighted by atomic mass is 16.1. The van der Waals surface area contributed by atoms with Crippen molar-refractivity contribution in [2.45, 2.75) is 13.3 Å². The number of hydrogen-bond donors (Lipinski definition) is 2. The van der Waals surface area contributed by atoms with Crippen molar-refractivity contribution in [2.24, 2.45) is 0 Å². The second kappa shape index (κ2) is 2.76. The molecule has 1 aromatic carbocycles. The molecule has 3 N–H and O–H groups in total. The third-order valence-corrected chi connectivity index (χ3v) is 2.27. The van der Waals surface area contributed by atoms with Crippen LogP contribution in [0.1, 0.15) is 22.3 Å². The van der Waals surface area contributed by atoms with E-state index in [0.717, 1.165) is 16.8 Å². The van der Waals surface area contributed by atoms with Gasteiger partial charge in [0.2, 0.25) is 0 Å². The first kappa shape index (κ1) is 8.10. The fourth-order valence-corrected chi connectivity index (χ4v) is 1.67. The van der Waals surface area contributed by atoms with Crippen LogP contribution in [0.15, 0.2) is 12.1 Å². The van der Waals surface area contributed by atoms with Crippen LogP contribution in [-0.4, -0.2) is 12.3 Å². The Morgan fingerprint density at radius 3 is 3.00 bits per heavy atom. The van der Waals surface area contributed by atoms with Crippen LogP contribution in [0.5, 0.6) is 0 Å². The molecule has 3 heteroatoms. The Kier molecular flexibility index (Phi) is 1.72. The first-order chi connectivity index (χ1) is 6.18. The molecule has 0 unspecified atom stereocenters. The fourth-order valence-electron chi connectivity index (χ4n) is 1.67. The van der Waals surface area contributed by atoms with Gasteiger partial charge in [-0.05, 0) is 24.6 Å². The minimum absolute atomic E-state index is 0.184. The third kappa shape index (κ3) is 1.26. The molecule has 0 fully saturated rings. The van der Waals surface area contributed by atoms with Crippen LogP contribution in [0.2, 0.25) is 0 Å². The van der Waals surface area contributed by atoms with E-state index in [-0.39, 0.29) is 5.78 Å². The summed E-state index contributed by atoms with van der Waals surface area (Å²) in [5.41, 5.74) is 9.04. The summed E-state index contributed by atoms with van der Waals surface area (Å²) in [5.74, 6) is 0.184. The van der Waals surface area contributed by atoms with Crippen molar-refractivity contribution in [1.82, 2.24) is 0 Å². The number of nitrogens with two attached hydrogens (primary N) is 1. The minimum atomic E-state index is 0.184. The Labute approximate surface area is 76.9 Å². The maximum absolute atomic E-state index is 11.5. The van der Waals surface area contributed by atoms with Gasteiger partial charge in [-0.25, -0.2) is 0 Å². The van der Waals surface area contributed by atoms with Crippen molar-refractivity contribution >= 4 is 17.2 Å². The van der Waals surface area contributed by atoms with E-state index in [1.807, 2.05) is 19.1 Å². The van der Waals surface area contributed by atoms with Crippen molar-refractivity contribution < 1.29 is 4.79 Å². The molecule has 1 aliphatic heterocycles. The van der Waals surface area contributed by atoms with Crippen molar-refractivity contribution in [3.8, 4) is 0 Å². The fraction of sp³-hybridized carbons (Fsp3) is 0.300. The Hall–Kier alpha value is -1.51. The maximum atomic E-state index is 11.5. The Balaban J connectivity index is 2.63. The van der Waals surface area contributed by atoms with Gasteiger partial charge in [-0.15, -0.1) is 0 Å². The topological polar surface area (TPSA) is 55.1 Å². The van der Waals surface area contributed by atoms with Crippen LogP contribution < -0.4 is 11.1 Å². The number of fused-ring (bicyclic) bond motifs is 1. The van der Waals surface area contributed by atoms with Crippen molar-refractivity contribution in [2.75, 3.05) is 17.6 Å². The molecule has 0 saturated carbocycles. The Bertz CT molecular complexity index is 371.